The van der Waals surface area contributed by atoms with E-state index in [4.69, 9.17) is 11.0 Å². The van der Waals surface area contributed by atoms with Crippen LogP contribution in [-0.2, 0) is 10.1 Å². The van der Waals surface area contributed by atoms with Gasteiger partial charge < -0.3 is 5.32 Å². The largest absolute Gasteiger partial charge is 0.301 e. The molecule has 0 atom stereocenters. The van der Waals surface area contributed by atoms with Gasteiger partial charge in [0.1, 0.15) is 0 Å². The molecule has 1 saturated carbocycles. The Hall–Kier alpha value is -0.570. The molecule has 0 amide bonds. The van der Waals surface area contributed by atoms with Crippen molar-refractivity contribution < 1.29 is 13.0 Å². The monoisotopic (exact) mass is 245 g/mol. The molecule has 1 fully saturated rings. The van der Waals surface area contributed by atoms with Gasteiger partial charge in [-0.05, 0) is 25.8 Å². The van der Waals surface area contributed by atoms with E-state index in [0.29, 0.717) is 13.0 Å². The van der Waals surface area contributed by atoms with Crippen LogP contribution in [0.2, 0.25) is 0 Å². The van der Waals surface area contributed by atoms with Gasteiger partial charge in [-0.15, -0.1) is 6.42 Å². The van der Waals surface area contributed by atoms with E-state index in [1.165, 1.54) is 6.42 Å². The molecule has 16 heavy (non-hydrogen) atoms. The lowest BCUT2D eigenvalue weighted by Crippen LogP contribution is -2.46. The Balaban J connectivity index is 2.32. The molecule has 0 radical (unpaired) electrons. The van der Waals surface area contributed by atoms with Gasteiger partial charge >= 0.3 is 0 Å². The van der Waals surface area contributed by atoms with E-state index in [1.54, 1.807) is 0 Å². The van der Waals surface area contributed by atoms with Crippen molar-refractivity contribution in [1.29, 1.82) is 0 Å². The highest BCUT2D eigenvalue weighted by Crippen LogP contribution is 2.27. The molecule has 1 aliphatic carbocycles. The van der Waals surface area contributed by atoms with Gasteiger partial charge in [-0.1, -0.05) is 25.2 Å². The summed E-state index contributed by atoms with van der Waals surface area (Å²) in [7, 11) is -3.85. The zero-order valence-corrected chi connectivity index (χ0v) is 10.2. The molecule has 0 aromatic carbocycles. The van der Waals surface area contributed by atoms with Crippen LogP contribution in [-0.4, -0.2) is 30.8 Å². The SMILES string of the molecule is C#CC1(NCCCS(=O)(=O)O)CCCCC1. The highest BCUT2D eigenvalue weighted by molar-refractivity contribution is 7.85. The minimum Gasteiger partial charge on any atom is -0.301 e. The number of hydrogen-bond donors (Lipinski definition) is 2. The molecule has 0 heterocycles. The first kappa shape index (κ1) is 13.5. The van der Waals surface area contributed by atoms with Gasteiger partial charge in [0.25, 0.3) is 10.1 Å². The summed E-state index contributed by atoms with van der Waals surface area (Å²) in [6.07, 6.45) is 11.3. The minimum atomic E-state index is -3.85. The summed E-state index contributed by atoms with van der Waals surface area (Å²) >= 11 is 0. The second-order valence-corrected chi connectivity index (χ2v) is 5.93. The van der Waals surface area contributed by atoms with Gasteiger partial charge in [0.15, 0.2) is 0 Å². The maximum Gasteiger partial charge on any atom is 0.264 e. The van der Waals surface area contributed by atoms with Gasteiger partial charge in [0.2, 0.25) is 0 Å². The molecule has 0 aliphatic heterocycles. The van der Waals surface area contributed by atoms with Crippen LogP contribution in [0.5, 0.6) is 0 Å². The number of rotatable bonds is 5. The van der Waals surface area contributed by atoms with Crippen molar-refractivity contribution in [3.8, 4) is 12.3 Å². The first-order valence-electron chi connectivity index (χ1n) is 5.65. The second-order valence-electron chi connectivity index (χ2n) is 4.35. The van der Waals surface area contributed by atoms with Crippen molar-refractivity contribution in [2.75, 3.05) is 12.3 Å². The van der Waals surface area contributed by atoms with E-state index in [-0.39, 0.29) is 11.3 Å². The molecule has 0 saturated heterocycles. The Kier molecular flexibility index (Phi) is 4.78. The van der Waals surface area contributed by atoms with Gasteiger partial charge in [-0.3, -0.25) is 4.55 Å². The summed E-state index contributed by atoms with van der Waals surface area (Å²) < 4.78 is 29.6. The standard InChI is InChI=1S/C11H19NO3S/c1-2-11(7-4-3-5-8-11)12-9-6-10-16(13,14)15/h1,12H,3-10H2,(H,13,14,15). The van der Waals surface area contributed by atoms with Crippen LogP contribution < -0.4 is 5.32 Å². The molecule has 0 spiro atoms. The molecule has 5 heteroatoms. The zero-order valence-electron chi connectivity index (χ0n) is 9.41. The predicted molar refractivity (Wildman–Crippen MR) is 63.7 cm³/mol. The van der Waals surface area contributed by atoms with Crippen LogP contribution in [0, 0.1) is 12.3 Å². The van der Waals surface area contributed by atoms with Crippen molar-refractivity contribution in [2.45, 2.75) is 44.1 Å². The smallest absolute Gasteiger partial charge is 0.264 e. The maximum atomic E-state index is 10.5. The summed E-state index contributed by atoms with van der Waals surface area (Å²) in [5, 5.41) is 3.25. The van der Waals surface area contributed by atoms with E-state index in [0.717, 1.165) is 25.7 Å². The average Bonchev–Trinajstić information content (AvgIpc) is 2.25. The fourth-order valence-corrected chi connectivity index (χ4v) is 2.62. The van der Waals surface area contributed by atoms with Crippen LogP contribution in [0.25, 0.3) is 0 Å². The number of nitrogens with one attached hydrogen (secondary N) is 1. The quantitative estimate of drug-likeness (QED) is 0.434. The van der Waals surface area contributed by atoms with E-state index < -0.39 is 10.1 Å². The minimum absolute atomic E-state index is 0.208. The normalized spacial score (nSPS) is 20.2. The van der Waals surface area contributed by atoms with Crippen molar-refractivity contribution in [2.24, 2.45) is 0 Å². The summed E-state index contributed by atoms with van der Waals surface area (Å²) in [5.41, 5.74) is -0.253. The maximum absolute atomic E-state index is 10.5. The Morgan fingerprint density at radius 2 is 1.94 bits per heavy atom. The van der Waals surface area contributed by atoms with E-state index in [9.17, 15) is 8.42 Å². The molecule has 1 rings (SSSR count). The van der Waals surface area contributed by atoms with Crippen LogP contribution in [0.1, 0.15) is 38.5 Å². The third-order valence-corrected chi connectivity index (χ3v) is 3.83. The van der Waals surface area contributed by atoms with Crippen LogP contribution in [0.15, 0.2) is 0 Å². The summed E-state index contributed by atoms with van der Waals surface area (Å²) in [6.45, 7) is 0.532. The van der Waals surface area contributed by atoms with Gasteiger partial charge in [-0.25, -0.2) is 0 Å². The molecule has 92 valence electrons. The zero-order chi connectivity index (χ0) is 12.1. The lowest BCUT2D eigenvalue weighted by atomic mass is 9.82. The molecule has 2 N–H and O–H groups in total. The molecule has 0 bridgehead atoms. The fraction of sp³-hybridized carbons (Fsp3) is 0.818. The Morgan fingerprint density at radius 3 is 2.44 bits per heavy atom. The number of terminal acetylenes is 1. The highest BCUT2D eigenvalue weighted by Gasteiger charge is 2.28. The van der Waals surface area contributed by atoms with Gasteiger partial charge in [0, 0.05) is 0 Å². The summed E-state index contributed by atoms with van der Waals surface area (Å²) in [6, 6.07) is 0. The van der Waals surface area contributed by atoms with Crippen molar-refractivity contribution in [1.82, 2.24) is 5.32 Å². The molecule has 0 unspecified atom stereocenters. The molecule has 1 aliphatic rings. The van der Waals surface area contributed by atoms with Crippen LogP contribution in [0.3, 0.4) is 0 Å². The van der Waals surface area contributed by atoms with E-state index >= 15 is 0 Å². The first-order valence-corrected chi connectivity index (χ1v) is 7.26. The fourth-order valence-electron chi connectivity index (χ4n) is 2.11. The topological polar surface area (TPSA) is 66.4 Å². The molecule has 0 aromatic heterocycles. The molecule has 0 aromatic rings. The second kappa shape index (κ2) is 5.67. The Bertz CT molecular complexity index is 350. The Labute approximate surface area is 97.6 Å². The summed E-state index contributed by atoms with van der Waals surface area (Å²) in [4.78, 5) is 0. The summed E-state index contributed by atoms with van der Waals surface area (Å²) in [5.74, 6) is 2.58. The molecular formula is C11H19NO3S. The molecular weight excluding hydrogens is 226 g/mol. The van der Waals surface area contributed by atoms with E-state index in [2.05, 4.69) is 11.2 Å². The van der Waals surface area contributed by atoms with Crippen molar-refractivity contribution >= 4 is 10.1 Å². The van der Waals surface area contributed by atoms with Crippen LogP contribution in [0.4, 0.5) is 0 Å². The lowest BCUT2D eigenvalue weighted by molar-refractivity contribution is 0.302. The average molecular weight is 245 g/mol. The van der Waals surface area contributed by atoms with Gasteiger partial charge in [0.05, 0.1) is 11.3 Å². The Morgan fingerprint density at radius 1 is 1.31 bits per heavy atom. The van der Waals surface area contributed by atoms with Crippen molar-refractivity contribution in [3.63, 3.8) is 0 Å². The van der Waals surface area contributed by atoms with Crippen LogP contribution >= 0.6 is 0 Å². The third kappa shape index (κ3) is 4.52. The molecule has 4 nitrogen and oxygen atoms in total. The lowest BCUT2D eigenvalue weighted by Gasteiger charge is -2.33. The number of hydrogen-bond acceptors (Lipinski definition) is 3. The van der Waals surface area contributed by atoms with Gasteiger partial charge in [-0.2, -0.15) is 8.42 Å². The third-order valence-electron chi connectivity index (χ3n) is 3.03. The first-order chi connectivity index (χ1) is 7.47. The highest BCUT2D eigenvalue weighted by atomic mass is 32.2. The van der Waals surface area contributed by atoms with Crippen molar-refractivity contribution in [3.05, 3.63) is 0 Å². The predicted octanol–water partition coefficient (Wildman–Crippen LogP) is 1.19. The van der Waals surface area contributed by atoms with E-state index in [1.807, 2.05) is 0 Å².